The van der Waals surface area contributed by atoms with E-state index in [1.54, 1.807) is 25.3 Å². The van der Waals surface area contributed by atoms with Crippen molar-refractivity contribution < 1.29 is 13.9 Å². The van der Waals surface area contributed by atoms with Crippen LogP contribution < -0.4 is 10.1 Å². The van der Waals surface area contributed by atoms with Crippen molar-refractivity contribution in [1.29, 1.82) is 0 Å². The fourth-order valence-corrected chi connectivity index (χ4v) is 1.94. The van der Waals surface area contributed by atoms with Crippen LogP contribution in [0.4, 0.5) is 5.69 Å². The number of carbonyl (C=O) groups is 1. The van der Waals surface area contributed by atoms with Gasteiger partial charge < -0.3 is 14.5 Å². The molecule has 0 spiro atoms. The van der Waals surface area contributed by atoms with Gasteiger partial charge in [-0.3, -0.25) is 4.79 Å². The Balaban J connectivity index is 2.00. The monoisotopic (exact) mass is 268 g/mol. The minimum absolute atomic E-state index is 0.533. The second-order valence-electron chi connectivity index (χ2n) is 4.19. The number of hydrogen-bond donors (Lipinski definition) is 1. The van der Waals surface area contributed by atoms with Gasteiger partial charge in [0.05, 0.1) is 7.11 Å². The number of oxazole rings is 1. The molecule has 0 saturated heterocycles. The van der Waals surface area contributed by atoms with Gasteiger partial charge in [-0.05, 0) is 42.5 Å². The van der Waals surface area contributed by atoms with E-state index in [2.05, 4.69) is 10.3 Å². The molecule has 100 valence electrons. The van der Waals surface area contributed by atoms with Crippen LogP contribution in [0.1, 0.15) is 0 Å². The van der Waals surface area contributed by atoms with Gasteiger partial charge in [0.1, 0.15) is 11.3 Å². The van der Waals surface area contributed by atoms with Crippen LogP contribution in [0.5, 0.6) is 5.75 Å². The summed E-state index contributed by atoms with van der Waals surface area (Å²) >= 11 is 0. The second kappa shape index (κ2) is 5.05. The number of hydrogen-bond acceptors (Lipinski definition) is 4. The lowest BCUT2D eigenvalue weighted by atomic mass is 10.2. The van der Waals surface area contributed by atoms with Crippen LogP contribution in [0.2, 0.25) is 0 Å². The van der Waals surface area contributed by atoms with E-state index in [4.69, 9.17) is 9.15 Å². The summed E-state index contributed by atoms with van der Waals surface area (Å²) in [6, 6.07) is 12.8. The molecule has 0 radical (unpaired) electrons. The van der Waals surface area contributed by atoms with E-state index in [0.29, 0.717) is 29.1 Å². The number of aromatic nitrogens is 1. The van der Waals surface area contributed by atoms with Crippen molar-refractivity contribution in [2.24, 2.45) is 0 Å². The standard InChI is InChI=1S/C15H12N2O3/c1-19-12-5-2-10(3-6-12)15-17-13-8-11(16-9-18)4-7-14(13)20-15/h2-9H,1H3,(H,16,18). The van der Waals surface area contributed by atoms with Crippen molar-refractivity contribution in [3.8, 4) is 17.2 Å². The third-order valence-electron chi connectivity index (χ3n) is 2.95. The van der Waals surface area contributed by atoms with Crippen LogP contribution >= 0.6 is 0 Å². The molecule has 3 rings (SSSR count). The summed E-state index contributed by atoms with van der Waals surface area (Å²) in [5.41, 5.74) is 2.92. The van der Waals surface area contributed by atoms with Gasteiger partial charge in [0.25, 0.3) is 0 Å². The molecule has 5 nitrogen and oxygen atoms in total. The maximum atomic E-state index is 10.4. The highest BCUT2D eigenvalue weighted by atomic mass is 16.5. The summed E-state index contributed by atoms with van der Waals surface area (Å²) in [7, 11) is 1.62. The van der Waals surface area contributed by atoms with Crippen LogP contribution in [0.15, 0.2) is 46.9 Å². The Hall–Kier alpha value is -2.82. The van der Waals surface area contributed by atoms with Crippen molar-refractivity contribution in [1.82, 2.24) is 4.98 Å². The first kappa shape index (κ1) is 12.2. The molecule has 0 atom stereocenters. The predicted molar refractivity (Wildman–Crippen MR) is 75.7 cm³/mol. The first-order chi connectivity index (χ1) is 9.80. The fraction of sp³-hybridized carbons (Fsp3) is 0.0667. The van der Waals surface area contributed by atoms with Gasteiger partial charge in [0.2, 0.25) is 12.3 Å². The van der Waals surface area contributed by atoms with Crippen molar-refractivity contribution in [2.75, 3.05) is 12.4 Å². The summed E-state index contributed by atoms with van der Waals surface area (Å²) in [5, 5.41) is 2.59. The van der Waals surface area contributed by atoms with Gasteiger partial charge in [-0.15, -0.1) is 0 Å². The first-order valence-electron chi connectivity index (χ1n) is 6.05. The molecule has 5 heteroatoms. The largest absolute Gasteiger partial charge is 0.497 e. The zero-order chi connectivity index (χ0) is 13.9. The SMILES string of the molecule is COc1ccc(-c2nc3cc(NC=O)ccc3o2)cc1. The molecule has 0 aliphatic heterocycles. The van der Waals surface area contributed by atoms with E-state index in [9.17, 15) is 4.79 Å². The smallest absolute Gasteiger partial charge is 0.227 e. The summed E-state index contributed by atoms with van der Waals surface area (Å²) in [4.78, 5) is 14.8. The number of fused-ring (bicyclic) bond motifs is 1. The van der Waals surface area contributed by atoms with Crippen LogP contribution in [0.25, 0.3) is 22.6 Å². The number of methoxy groups -OCH3 is 1. The molecule has 20 heavy (non-hydrogen) atoms. The highest BCUT2D eigenvalue weighted by molar-refractivity contribution is 5.83. The average molecular weight is 268 g/mol. The number of rotatable bonds is 4. The number of carbonyl (C=O) groups excluding carboxylic acids is 1. The number of nitrogens with one attached hydrogen (secondary N) is 1. The van der Waals surface area contributed by atoms with Gasteiger partial charge in [0.15, 0.2) is 5.58 Å². The van der Waals surface area contributed by atoms with E-state index < -0.39 is 0 Å². The van der Waals surface area contributed by atoms with E-state index in [0.717, 1.165) is 11.3 Å². The third kappa shape index (κ3) is 2.21. The predicted octanol–water partition coefficient (Wildman–Crippen LogP) is 3.07. The molecule has 0 unspecified atom stereocenters. The molecular weight excluding hydrogens is 256 g/mol. The Morgan fingerprint density at radius 1 is 1.20 bits per heavy atom. The van der Waals surface area contributed by atoms with E-state index >= 15 is 0 Å². The molecule has 1 amide bonds. The molecule has 0 saturated carbocycles. The van der Waals surface area contributed by atoms with Gasteiger partial charge in [-0.2, -0.15) is 0 Å². The first-order valence-corrected chi connectivity index (χ1v) is 6.05. The molecule has 2 aromatic carbocycles. The van der Waals surface area contributed by atoms with E-state index in [1.165, 1.54) is 0 Å². The van der Waals surface area contributed by atoms with Gasteiger partial charge in [0, 0.05) is 11.3 Å². The van der Waals surface area contributed by atoms with E-state index in [1.807, 2.05) is 24.3 Å². The van der Waals surface area contributed by atoms with Crippen LogP contribution in [-0.2, 0) is 4.79 Å². The maximum Gasteiger partial charge on any atom is 0.227 e. The Kier molecular flexibility index (Phi) is 3.09. The van der Waals surface area contributed by atoms with Gasteiger partial charge in [-0.25, -0.2) is 4.98 Å². The lowest BCUT2D eigenvalue weighted by Crippen LogP contribution is -1.92. The third-order valence-corrected chi connectivity index (χ3v) is 2.95. The molecular formula is C15H12N2O3. The van der Waals surface area contributed by atoms with Crippen LogP contribution in [0, 0.1) is 0 Å². The molecule has 0 fully saturated rings. The van der Waals surface area contributed by atoms with Crippen LogP contribution in [0.3, 0.4) is 0 Å². The summed E-state index contributed by atoms with van der Waals surface area (Å²) in [6.45, 7) is 0. The Labute approximate surface area is 115 Å². The molecule has 1 aromatic heterocycles. The number of nitrogens with zero attached hydrogens (tertiary/aromatic N) is 1. The Morgan fingerprint density at radius 3 is 2.70 bits per heavy atom. The zero-order valence-electron chi connectivity index (χ0n) is 10.8. The highest BCUT2D eigenvalue weighted by Gasteiger charge is 2.08. The van der Waals surface area contributed by atoms with Crippen molar-refractivity contribution >= 4 is 23.2 Å². The average Bonchev–Trinajstić information content (AvgIpc) is 2.91. The van der Waals surface area contributed by atoms with Crippen molar-refractivity contribution in [3.05, 3.63) is 42.5 Å². The molecule has 3 aromatic rings. The van der Waals surface area contributed by atoms with Crippen molar-refractivity contribution in [2.45, 2.75) is 0 Å². The second-order valence-corrected chi connectivity index (χ2v) is 4.19. The normalized spacial score (nSPS) is 10.4. The molecule has 0 aliphatic rings. The fourth-order valence-electron chi connectivity index (χ4n) is 1.94. The molecule has 1 heterocycles. The number of amides is 1. The maximum absolute atomic E-state index is 10.4. The van der Waals surface area contributed by atoms with Crippen molar-refractivity contribution in [3.63, 3.8) is 0 Å². The summed E-state index contributed by atoms with van der Waals surface area (Å²) in [5.74, 6) is 1.31. The number of benzene rings is 2. The zero-order valence-corrected chi connectivity index (χ0v) is 10.8. The molecule has 0 aliphatic carbocycles. The minimum Gasteiger partial charge on any atom is -0.497 e. The number of anilines is 1. The van der Waals surface area contributed by atoms with Crippen LogP contribution in [-0.4, -0.2) is 18.5 Å². The van der Waals surface area contributed by atoms with E-state index in [-0.39, 0.29) is 0 Å². The minimum atomic E-state index is 0.533. The summed E-state index contributed by atoms with van der Waals surface area (Å²) < 4.78 is 10.8. The molecule has 1 N–H and O–H groups in total. The number of ether oxygens (including phenoxy) is 1. The lowest BCUT2D eigenvalue weighted by molar-refractivity contribution is -0.105. The highest BCUT2D eigenvalue weighted by Crippen LogP contribution is 2.27. The Bertz CT molecular complexity index is 747. The summed E-state index contributed by atoms with van der Waals surface area (Å²) in [6.07, 6.45) is 0.631. The van der Waals surface area contributed by atoms with Gasteiger partial charge in [-0.1, -0.05) is 0 Å². The Morgan fingerprint density at radius 2 is 2.00 bits per heavy atom. The molecule has 0 bridgehead atoms. The lowest BCUT2D eigenvalue weighted by Gasteiger charge is -1.99. The quantitative estimate of drug-likeness (QED) is 0.738. The van der Waals surface area contributed by atoms with Gasteiger partial charge >= 0.3 is 0 Å². The topological polar surface area (TPSA) is 64.4 Å².